The Kier molecular flexibility index (Phi) is 4.09. The van der Waals surface area contributed by atoms with Crippen molar-refractivity contribution in [3.8, 4) is 0 Å². The van der Waals surface area contributed by atoms with Crippen LogP contribution < -0.4 is 4.90 Å². The molecule has 0 fully saturated rings. The molecule has 1 atom stereocenters. The van der Waals surface area contributed by atoms with Crippen molar-refractivity contribution in [2.75, 3.05) is 18.6 Å². The minimum Gasteiger partial charge on any atom is -0.394 e. The molecule has 1 unspecified atom stereocenters. The molecule has 0 aliphatic rings. The van der Waals surface area contributed by atoms with Gasteiger partial charge in [-0.25, -0.2) is 4.39 Å². The molecule has 0 radical (unpaired) electrons. The van der Waals surface area contributed by atoms with Crippen LogP contribution in [-0.2, 0) is 0 Å². The van der Waals surface area contributed by atoms with Crippen LogP contribution in [0.3, 0.4) is 0 Å². The van der Waals surface area contributed by atoms with Gasteiger partial charge in [-0.1, -0.05) is 19.9 Å². The summed E-state index contributed by atoms with van der Waals surface area (Å²) >= 11 is 0. The van der Waals surface area contributed by atoms with Gasteiger partial charge < -0.3 is 10.0 Å². The van der Waals surface area contributed by atoms with Crippen LogP contribution in [0.1, 0.15) is 13.8 Å². The Morgan fingerprint density at radius 3 is 2.53 bits per heavy atom. The molecule has 0 amide bonds. The molecule has 84 valence electrons. The maximum atomic E-state index is 13.0. The van der Waals surface area contributed by atoms with Gasteiger partial charge >= 0.3 is 0 Å². The standard InChI is InChI=1S/C12H18FNO/c1-9(2)12(8-15)14(3)11-6-4-5-10(13)7-11/h4-7,9,12,15H,8H2,1-3H3. The van der Waals surface area contributed by atoms with Crippen LogP contribution >= 0.6 is 0 Å². The van der Waals surface area contributed by atoms with Gasteiger partial charge in [0.05, 0.1) is 12.6 Å². The summed E-state index contributed by atoms with van der Waals surface area (Å²) in [5, 5.41) is 9.26. The van der Waals surface area contributed by atoms with Crippen LogP contribution in [0.2, 0.25) is 0 Å². The molecule has 3 heteroatoms. The van der Waals surface area contributed by atoms with Crippen LogP contribution in [0.4, 0.5) is 10.1 Å². The Bertz CT molecular complexity index is 314. The van der Waals surface area contributed by atoms with Crippen molar-refractivity contribution in [1.29, 1.82) is 0 Å². The number of hydrogen-bond acceptors (Lipinski definition) is 2. The molecule has 1 aromatic carbocycles. The molecule has 15 heavy (non-hydrogen) atoms. The number of aliphatic hydroxyl groups is 1. The van der Waals surface area contributed by atoms with Gasteiger partial charge in [0.25, 0.3) is 0 Å². The van der Waals surface area contributed by atoms with Gasteiger partial charge in [0, 0.05) is 12.7 Å². The number of rotatable bonds is 4. The van der Waals surface area contributed by atoms with Gasteiger partial charge in [-0.05, 0) is 24.1 Å². The van der Waals surface area contributed by atoms with E-state index in [1.165, 1.54) is 12.1 Å². The lowest BCUT2D eigenvalue weighted by molar-refractivity contribution is 0.234. The highest BCUT2D eigenvalue weighted by atomic mass is 19.1. The third-order valence-electron chi connectivity index (χ3n) is 2.67. The van der Waals surface area contributed by atoms with E-state index in [9.17, 15) is 9.50 Å². The molecular formula is C12H18FNO. The highest BCUT2D eigenvalue weighted by molar-refractivity contribution is 5.46. The molecule has 1 rings (SSSR count). The first kappa shape index (κ1) is 12.0. The van der Waals surface area contributed by atoms with Gasteiger partial charge in [0.1, 0.15) is 5.82 Å². The lowest BCUT2D eigenvalue weighted by Gasteiger charge is -2.31. The molecule has 0 aliphatic heterocycles. The fraction of sp³-hybridized carbons (Fsp3) is 0.500. The summed E-state index contributed by atoms with van der Waals surface area (Å²) in [5.41, 5.74) is 0.794. The summed E-state index contributed by atoms with van der Waals surface area (Å²) in [6, 6.07) is 6.43. The Morgan fingerprint density at radius 2 is 2.07 bits per heavy atom. The van der Waals surface area contributed by atoms with E-state index in [0.717, 1.165) is 5.69 Å². The van der Waals surface area contributed by atoms with Crippen molar-refractivity contribution >= 4 is 5.69 Å². The van der Waals surface area contributed by atoms with Crippen molar-refractivity contribution < 1.29 is 9.50 Å². The topological polar surface area (TPSA) is 23.5 Å². The predicted molar refractivity (Wildman–Crippen MR) is 60.5 cm³/mol. The van der Waals surface area contributed by atoms with E-state index in [4.69, 9.17) is 0 Å². The van der Waals surface area contributed by atoms with E-state index >= 15 is 0 Å². The van der Waals surface area contributed by atoms with Gasteiger partial charge in [0.2, 0.25) is 0 Å². The van der Waals surface area contributed by atoms with Crippen LogP contribution in [0, 0.1) is 11.7 Å². The zero-order valence-electron chi connectivity index (χ0n) is 9.44. The second-order valence-electron chi connectivity index (χ2n) is 4.08. The molecule has 1 N–H and O–H groups in total. The second kappa shape index (κ2) is 5.12. The first-order valence-corrected chi connectivity index (χ1v) is 5.15. The quantitative estimate of drug-likeness (QED) is 0.826. The number of likely N-dealkylation sites (N-methyl/N-ethyl adjacent to an activating group) is 1. The van der Waals surface area contributed by atoms with Crippen molar-refractivity contribution in [3.05, 3.63) is 30.1 Å². The molecule has 0 spiro atoms. The number of aliphatic hydroxyl groups excluding tert-OH is 1. The monoisotopic (exact) mass is 211 g/mol. The summed E-state index contributed by atoms with van der Waals surface area (Å²) < 4.78 is 13.0. The Labute approximate surface area is 90.3 Å². The van der Waals surface area contributed by atoms with E-state index in [2.05, 4.69) is 0 Å². The Morgan fingerprint density at radius 1 is 1.40 bits per heavy atom. The highest BCUT2D eigenvalue weighted by Crippen LogP contribution is 2.19. The zero-order valence-corrected chi connectivity index (χ0v) is 9.44. The van der Waals surface area contributed by atoms with Crippen LogP contribution in [0.5, 0.6) is 0 Å². The van der Waals surface area contributed by atoms with Gasteiger partial charge in [-0.15, -0.1) is 0 Å². The number of benzene rings is 1. The molecule has 0 aromatic heterocycles. The molecule has 2 nitrogen and oxygen atoms in total. The van der Waals surface area contributed by atoms with Crippen molar-refractivity contribution in [2.24, 2.45) is 5.92 Å². The number of hydrogen-bond donors (Lipinski definition) is 1. The van der Waals surface area contributed by atoms with E-state index in [1.54, 1.807) is 6.07 Å². The SMILES string of the molecule is CC(C)C(CO)N(C)c1cccc(F)c1. The van der Waals surface area contributed by atoms with E-state index < -0.39 is 0 Å². The summed E-state index contributed by atoms with van der Waals surface area (Å²) in [7, 11) is 1.87. The maximum Gasteiger partial charge on any atom is 0.125 e. The minimum atomic E-state index is -0.250. The summed E-state index contributed by atoms with van der Waals surface area (Å²) in [4.78, 5) is 1.91. The van der Waals surface area contributed by atoms with Crippen molar-refractivity contribution in [2.45, 2.75) is 19.9 Å². The normalized spacial score (nSPS) is 12.9. The summed E-state index contributed by atoms with van der Waals surface area (Å²) in [6.45, 7) is 4.15. The first-order valence-electron chi connectivity index (χ1n) is 5.15. The third-order valence-corrected chi connectivity index (χ3v) is 2.67. The minimum absolute atomic E-state index is 0.0202. The Balaban J connectivity index is 2.87. The molecule has 0 bridgehead atoms. The van der Waals surface area contributed by atoms with Crippen LogP contribution in [0.25, 0.3) is 0 Å². The van der Waals surface area contributed by atoms with E-state index in [0.29, 0.717) is 5.92 Å². The number of nitrogens with zero attached hydrogens (tertiary/aromatic N) is 1. The largest absolute Gasteiger partial charge is 0.394 e. The smallest absolute Gasteiger partial charge is 0.125 e. The van der Waals surface area contributed by atoms with Crippen molar-refractivity contribution in [3.63, 3.8) is 0 Å². The molecule has 0 saturated carbocycles. The first-order chi connectivity index (χ1) is 7.06. The predicted octanol–water partition coefficient (Wildman–Crippen LogP) is 2.28. The van der Waals surface area contributed by atoms with E-state index in [1.807, 2.05) is 31.9 Å². The molecule has 0 heterocycles. The maximum absolute atomic E-state index is 13.0. The summed E-state index contributed by atoms with van der Waals surface area (Å²) in [5.74, 6) is 0.0723. The average molecular weight is 211 g/mol. The van der Waals surface area contributed by atoms with Crippen molar-refractivity contribution in [1.82, 2.24) is 0 Å². The lowest BCUT2D eigenvalue weighted by atomic mass is 10.0. The van der Waals surface area contributed by atoms with Gasteiger partial charge in [0.15, 0.2) is 0 Å². The Hall–Kier alpha value is -1.09. The third kappa shape index (κ3) is 2.93. The second-order valence-corrected chi connectivity index (χ2v) is 4.08. The fourth-order valence-electron chi connectivity index (χ4n) is 1.67. The molecule has 1 aromatic rings. The molecular weight excluding hydrogens is 193 g/mol. The van der Waals surface area contributed by atoms with Crippen LogP contribution in [-0.4, -0.2) is 24.8 Å². The highest BCUT2D eigenvalue weighted by Gasteiger charge is 2.18. The van der Waals surface area contributed by atoms with Gasteiger partial charge in [-0.2, -0.15) is 0 Å². The van der Waals surface area contributed by atoms with Crippen LogP contribution in [0.15, 0.2) is 24.3 Å². The summed E-state index contributed by atoms with van der Waals surface area (Å²) in [6.07, 6.45) is 0. The number of anilines is 1. The number of halogens is 1. The molecule has 0 aliphatic carbocycles. The van der Waals surface area contributed by atoms with Gasteiger partial charge in [-0.3, -0.25) is 0 Å². The van der Waals surface area contributed by atoms with E-state index in [-0.39, 0.29) is 18.5 Å². The lowest BCUT2D eigenvalue weighted by Crippen LogP contribution is -2.38. The molecule has 0 saturated heterocycles. The zero-order chi connectivity index (χ0) is 11.4. The fourth-order valence-corrected chi connectivity index (χ4v) is 1.67. The average Bonchev–Trinajstić information content (AvgIpc) is 2.18.